The first-order chi connectivity index (χ1) is 6.86. The van der Waals surface area contributed by atoms with Crippen LogP contribution in [0.4, 0.5) is 0 Å². The molecule has 0 unspecified atom stereocenters. The van der Waals surface area contributed by atoms with Crippen molar-refractivity contribution in [2.45, 2.75) is 12.8 Å². The van der Waals surface area contributed by atoms with Gasteiger partial charge in [-0.25, -0.2) is 0 Å². The van der Waals surface area contributed by atoms with Crippen molar-refractivity contribution in [3.63, 3.8) is 0 Å². The zero-order valence-electron chi connectivity index (χ0n) is 8.37. The molecule has 0 bridgehead atoms. The molecule has 1 aromatic carbocycles. The second-order valence-corrected chi connectivity index (χ2v) is 3.59. The van der Waals surface area contributed by atoms with Crippen molar-refractivity contribution in [2.75, 3.05) is 13.7 Å². The molecule has 2 nitrogen and oxygen atoms in total. The van der Waals surface area contributed by atoms with Gasteiger partial charge in [0.05, 0.1) is 11.6 Å². The summed E-state index contributed by atoms with van der Waals surface area (Å²) < 4.78 is 5.53. The smallest absolute Gasteiger partial charge is 0.137 e. The van der Waals surface area contributed by atoms with Gasteiger partial charge in [0.15, 0.2) is 0 Å². The molecule has 0 aliphatic heterocycles. The van der Waals surface area contributed by atoms with E-state index in [0.29, 0.717) is 5.02 Å². The molecule has 1 aromatic rings. The fourth-order valence-electron chi connectivity index (χ4n) is 1.05. The zero-order chi connectivity index (χ0) is 10.4. The second-order valence-electron chi connectivity index (χ2n) is 3.18. The van der Waals surface area contributed by atoms with Gasteiger partial charge in [-0.2, -0.15) is 0 Å². The van der Waals surface area contributed by atoms with Crippen molar-refractivity contribution >= 4 is 11.6 Å². The molecule has 2 N–H and O–H groups in total. The van der Waals surface area contributed by atoms with Crippen LogP contribution in [0, 0.1) is 5.92 Å². The van der Waals surface area contributed by atoms with Gasteiger partial charge in [-0.05, 0) is 37.9 Å². The minimum absolute atomic E-state index is 0.707. The minimum atomic E-state index is 0.707. The van der Waals surface area contributed by atoms with Gasteiger partial charge in [0.25, 0.3) is 0 Å². The van der Waals surface area contributed by atoms with E-state index in [1.807, 2.05) is 24.3 Å². The molecule has 2 rings (SSSR count). The van der Waals surface area contributed by atoms with Crippen LogP contribution in [-0.2, 0) is 0 Å². The Hall–Kier alpha value is -0.730. The number of hydrogen-bond acceptors (Lipinski definition) is 2. The number of para-hydroxylation sites is 1. The third kappa shape index (κ3) is 3.56. The van der Waals surface area contributed by atoms with E-state index in [1.54, 1.807) is 0 Å². The minimum Gasteiger partial charge on any atom is -0.492 e. The lowest BCUT2D eigenvalue weighted by Crippen LogP contribution is -1.98. The maximum absolute atomic E-state index is 5.90. The highest BCUT2D eigenvalue weighted by molar-refractivity contribution is 6.32. The lowest BCUT2D eigenvalue weighted by Gasteiger charge is -2.05. The van der Waals surface area contributed by atoms with Crippen LogP contribution in [0.2, 0.25) is 5.02 Å². The van der Waals surface area contributed by atoms with Crippen molar-refractivity contribution in [1.29, 1.82) is 0 Å². The van der Waals surface area contributed by atoms with Crippen molar-refractivity contribution in [1.82, 2.24) is 0 Å². The summed E-state index contributed by atoms with van der Waals surface area (Å²) in [5.41, 5.74) is 4.50. The molecule has 78 valence electrons. The van der Waals surface area contributed by atoms with Crippen LogP contribution in [0.15, 0.2) is 24.3 Å². The fraction of sp³-hybridized carbons (Fsp3) is 0.455. The summed E-state index contributed by atoms with van der Waals surface area (Å²) in [5.74, 6) is 1.59. The molecule has 0 spiro atoms. The van der Waals surface area contributed by atoms with E-state index in [1.165, 1.54) is 19.9 Å². The molecule has 14 heavy (non-hydrogen) atoms. The van der Waals surface area contributed by atoms with E-state index in [-0.39, 0.29) is 0 Å². The summed E-state index contributed by atoms with van der Waals surface area (Å²) in [6.07, 6.45) is 2.62. The SMILES string of the molecule is CN.Clc1ccccc1OCC1CC1. The number of nitrogens with two attached hydrogens (primary N) is 1. The van der Waals surface area contributed by atoms with Crippen molar-refractivity contribution in [2.24, 2.45) is 11.7 Å². The van der Waals surface area contributed by atoms with Gasteiger partial charge in [0.1, 0.15) is 5.75 Å². The normalized spacial score (nSPS) is 14.2. The first kappa shape index (κ1) is 11.3. The third-order valence-electron chi connectivity index (χ3n) is 2.01. The van der Waals surface area contributed by atoms with Crippen molar-refractivity contribution < 1.29 is 4.74 Å². The van der Waals surface area contributed by atoms with E-state index >= 15 is 0 Å². The molecule has 1 aliphatic carbocycles. The van der Waals surface area contributed by atoms with Gasteiger partial charge in [-0.1, -0.05) is 23.7 Å². The second kappa shape index (κ2) is 5.89. The number of ether oxygens (including phenoxy) is 1. The van der Waals surface area contributed by atoms with Crippen LogP contribution in [0.1, 0.15) is 12.8 Å². The molecular weight excluding hydrogens is 198 g/mol. The molecule has 0 amide bonds. The standard InChI is InChI=1S/C10H11ClO.CH5N/c11-9-3-1-2-4-10(9)12-7-8-5-6-8;1-2/h1-4,8H,5-7H2;2H2,1H3. The molecule has 3 heteroatoms. The van der Waals surface area contributed by atoms with Gasteiger partial charge in [0, 0.05) is 0 Å². The summed E-state index contributed by atoms with van der Waals surface area (Å²) in [6, 6.07) is 7.61. The fourth-order valence-corrected chi connectivity index (χ4v) is 1.24. The van der Waals surface area contributed by atoms with E-state index in [9.17, 15) is 0 Å². The Kier molecular flexibility index (Phi) is 4.77. The van der Waals surface area contributed by atoms with Gasteiger partial charge >= 0.3 is 0 Å². The average Bonchev–Trinajstić information content (AvgIpc) is 3.04. The van der Waals surface area contributed by atoms with E-state index < -0.39 is 0 Å². The van der Waals surface area contributed by atoms with Crippen molar-refractivity contribution in [3.05, 3.63) is 29.3 Å². The monoisotopic (exact) mass is 213 g/mol. The zero-order valence-corrected chi connectivity index (χ0v) is 9.13. The Morgan fingerprint density at radius 3 is 2.57 bits per heavy atom. The molecule has 0 saturated heterocycles. The van der Waals surface area contributed by atoms with Crippen LogP contribution < -0.4 is 10.5 Å². The van der Waals surface area contributed by atoms with Crippen LogP contribution in [0.3, 0.4) is 0 Å². The molecule has 0 radical (unpaired) electrons. The lowest BCUT2D eigenvalue weighted by molar-refractivity contribution is 0.300. The Balaban J connectivity index is 0.000000461. The van der Waals surface area contributed by atoms with Crippen LogP contribution in [-0.4, -0.2) is 13.7 Å². The molecule has 1 aliphatic rings. The Bertz CT molecular complexity index is 274. The topological polar surface area (TPSA) is 35.2 Å². The van der Waals surface area contributed by atoms with Crippen molar-refractivity contribution in [3.8, 4) is 5.75 Å². The summed E-state index contributed by atoms with van der Waals surface area (Å²) in [5, 5.41) is 0.707. The highest BCUT2D eigenvalue weighted by atomic mass is 35.5. The summed E-state index contributed by atoms with van der Waals surface area (Å²) in [7, 11) is 1.50. The molecule has 0 heterocycles. The highest BCUT2D eigenvalue weighted by Gasteiger charge is 2.22. The van der Waals surface area contributed by atoms with E-state index in [2.05, 4.69) is 5.73 Å². The summed E-state index contributed by atoms with van der Waals surface area (Å²) >= 11 is 5.90. The molecule has 1 fully saturated rings. The van der Waals surface area contributed by atoms with Gasteiger partial charge < -0.3 is 10.5 Å². The Labute approximate surface area is 90.0 Å². The summed E-state index contributed by atoms with van der Waals surface area (Å²) in [4.78, 5) is 0. The molecule has 0 aromatic heterocycles. The predicted octanol–water partition coefficient (Wildman–Crippen LogP) is 2.70. The van der Waals surface area contributed by atoms with Gasteiger partial charge in [-0.15, -0.1) is 0 Å². The number of rotatable bonds is 3. The highest BCUT2D eigenvalue weighted by Crippen LogP contribution is 2.31. The van der Waals surface area contributed by atoms with E-state index in [0.717, 1.165) is 18.3 Å². The Morgan fingerprint density at radius 2 is 2.00 bits per heavy atom. The van der Waals surface area contributed by atoms with Crippen LogP contribution in [0.25, 0.3) is 0 Å². The average molecular weight is 214 g/mol. The maximum atomic E-state index is 5.90. The number of hydrogen-bond donors (Lipinski definition) is 1. The molecular formula is C11H16ClNO. The molecule has 0 atom stereocenters. The number of benzene rings is 1. The Morgan fingerprint density at radius 1 is 1.36 bits per heavy atom. The third-order valence-corrected chi connectivity index (χ3v) is 2.32. The van der Waals surface area contributed by atoms with Crippen LogP contribution >= 0.6 is 11.6 Å². The first-order valence-corrected chi connectivity index (χ1v) is 5.19. The summed E-state index contributed by atoms with van der Waals surface area (Å²) in [6.45, 7) is 0.823. The van der Waals surface area contributed by atoms with E-state index in [4.69, 9.17) is 16.3 Å². The molecule has 1 saturated carbocycles. The van der Waals surface area contributed by atoms with Crippen LogP contribution in [0.5, 0.6) is 5.75 Å². The number of halogens is 1. The van der Waals surface area contributed by atoms with Gasteiger partial charge in [-0.3, -0.25) is 0 Å². The lowest BCUT2D eigenvalue weighted by atomic mass is 10.3. The first-order valence-electron chi connectivity index (χ1n) is 4.81. The van der Waals surface area contributed by atoms with Gasteiger partial charge in [0.2, 0.25) is 0 Å². The predicted molar refractivity (Wildman–Crippen MR) is 59.8 cm³/mol. The largest absolute Gasteiger partial charge is 0.492 e. The quantitative estimate of drug-likeness (QED) is 0.838. The maximum Gasteiger partial charge on any atom is 0.137 e.